The highest BCUT2D eigenvalue weighted by atomic mass is 32.2. The molecule has 2 amide bonds. The summed E-state index contributed by atoms with van der Waals surface area (Å²) in [6.07, 6.45) is 2.61. The minimum absolute atomic E-state index is 0.0652. The largest absolute Gasteiger partial charge is 0.353 e. The van der Waals surface area contributed by atoms with E-state index in [1.807, 2.05) is 18.2 Å². The molecule has 150 valence electrons. The Morgan fingerprint density at radius 2 is 1.89 bits per heavy atom. The Morgan fingerprint density at radius 3 is 2.54 bits per heavy atom. The summed E-state index contributed by atoms with van der Waals surface area (Å²) >= 11 is 0. The third-order valence-electron chi connectivity index (χ3n) is 5.40. The van der Waals surface area contributed by atoms with E-state index in [0.29, 0.717) is 44.7 Å². The van der Waals surface area contributed by atoms with E-state index < -0.39 is 15.9 Å². The maximum atomic E-state index is 12.9. The maximum Gasteiger partial charge on any atom is 0.270 e. The summed E-state index contributed by atoms with van der Waals surface area (Å²) in [6.45, 7) is 2.47. The summed E-state index contributed by atoms with van der Waals surface area (Å²) in [5.74, 6) is 0.504. The number of hydrogen-bond donors (Lipinski definition) is 0. The molecular formula is C18H23N5O4S. The van der Waals surface area contributed by atoms with Crippen LogP contribution in [0.1, 0.15) is 19.3 Å². The zero-order valence-corrected chi connectivity index (χ0v) is 16.3. The van der Waals surface area contributed by atoms with Crippen molar-refractivity contribution >= 4 is 33.2 Å². The van der Waals surface area contributed by atoms with Crippen LogP contribution in [0.25, 0.3) is 0 Å². The number of piperazine rings is 1. The number of pyridine rings is 1. The molecule has 0 bridgehead atoms. The third-order valence-corrected chi connectivity index (χ3v) is 7.15. The van der Waals surface area contributed by atoms with Gasteiger partial charge in [0.05, 0.1) is 17.5 Å². The maximum absolute atomic E-state index is 12.9. The van der Waals surface area contributed by atoms with Crippen LogP contribution in [0.3, 0.4) is 0 Å². The Balaban J connectivity index is 1.42. The molecule has 0 aliphatic carbocycles. The summed E-state index contributed by atoms with van der Waals surface area (Å²) in [7, 11) is -3.13. The number of sulfone groups is 1. The van der Waals surface area contributed by atoms with E-state index in [9.17, 15) is 18.0 Å². The molecule has 9 nitrogen and oxygen atoms in total. The van der Waals surface area contributed by atoms with E-state index >= 15 is 0 Å². The van der Waals surface area contributed by atoms with Crippen molar-refractivity contribution in [2.24, 2.45) is 5.10 Å². The first-order chi connectivity index (χ1) is 13.4. The third kappa shape index (κ3) is 3.87. The van der Waals surface area contributed by atoms with Crippen molar-refractivity contribution in [3.8, 4) is 0 Å². The monoisotopic (exact) mass is 405 g/mol. The molecule has 2 saturated heterocycles. The van der Waals surface area contributed by atoms with E-state index in [0.717, 1.165) is 5.82 Å². The minimum atomic E-state index is -3.13. The van der Waals surface area contributed by atoms with Crippen LogP contribution in [0.15, 0.2) is 29.5 Å². The summed E-state index contributed by atoms with van der Waals surface area (Å²) in [5.41, 5.74) is 0.343. The number of hydrogen-bond acceptors (Lipinski definition) is 7. The van der Waals surface area contributed by atoms with Gasteiger partial charge in [0.2, 0.25) is 5.91 Å². The molecule has 4 heterocycles. The predicted molar refractivity (Wildman–Crippen MR) is 104 cm³/mol. The van der Waals surface area contributed by atoms with Gasteiger partial charge in [0.15, 0.2) is 9.84 Å². The van der Waals surface area contributed by atoms with Gasteiger partial charge in [-0.25, -0.2) is 18.4 Å². The number of amides is 2. The van der Waals surface area contributed by atoms with Crippen LogP contribution in [0.5, 0.6) is 0 Å². The Bertz CT molecular complexity index is 894. The standard InChI is InChI=1S/C18H23N5O4S/c24-17-5-4-15(20-23(17)14-6-12-28(26,27)13-14)18(25)22-10-8-21(9-11-22)16-3-1-2-7-19-16/h1-3,7,14H,4-6,8-13H2/t14-/m0/s1. The van der Waals surface area contributed by atoms with E-state index in [-0.39, 0.29) is 29.7 Å². The van der Waals surface area contributed by atoms with Crippen molar-refractivity contribution in [3.05, 3.63) is 24.4 Å². The lowest BCUT2D eigenvalue weighted by molar-refractivity contribution is -0.134. The molecule has 1 atom stereocenters. The predicted octanol–water partition coefficient (Wildman–Crippen LogP) is -0.104. The highest BCUT2D eigenvalue weighted by molar-refractivity contribution is 7.91. The summed E-state index contributed by atoms with van der Waals surface area (Å²) < 4.78 is 23.5. The average Bonchev–Trinajstić information content (AvgIpc) is 3.08. The molecule has 0 saturated carbocycles. The minimum Gasteiger partial charge on any atom is -0.353 e. The highest BCUT2D eigenvalue weighted by Crippen LogP contribution is 2.23. The Morgan fingerprint density at radius 1 is 1.11 bits per heavy atom. The second-order valence-electron chi connectivity index (χ2n) is 7.31. The molecule has 0 unspecified atom stereocenters. The molecule has 4 rings (SSSR count). The van der Waals surface area contributed by atoms with Crippen molar-refractivity contribution < 1.29 is 18.0 Å². The molecule has 1 aromatic rings. The molecule has 10 heteroatoms. The number of aromatic nitrogens is 1. The molecule has 1 aromatic heterocycles. The summed E-state index contributed by atoms with van der Waals surface area (Å²) in [5, 5.41) is 5.52. The van der Waals surface area contributed by atoms with Crippen LogP contribution in [0, 0.1) is 0 Å². The number of carbonyl (C=O) groups is 2. The van der Waals surface area contributed by atoms with Crippen LogP contribution >= 0.6 is 0 Å². The lowest BCUT2D eigenvalue weighted by Crippen LogP contribution is -2.52. The normalized spacial score (nSPS) is 25.0. The van der Waals surface area contributed by atoms with Crippen molar-refractivity contribution in [2.45, 2.75) is 25.3 Å². The number of nitrogens with zero attached hydrogens (tertiary/aromatic N) is 5. The van der Waals surface area contributed by atoms with Gasteiger partial charge in [0.1, 0.15) is 11.5 Å². The summed E-state index contributed by atoms with van der Waals surface area (Å²) in [4.78, 5) is 33.3. The zero-order chi connectivity index (χ0) is 19.7. The van der Waals surface area contributed by atoms with Crippen LogP contribution in [0.2, 0.25) is 0 Å². The summed E-state index contributed by atoms with van der Waals surface area (Å²) in [6, 6.07) is 5.29. The fourth-order valence-corrected chi connectivity index (χ4v) is 5.53. The molecule has 3 aliphatic heterocycles. The Labute approximate surface area is 163 Å². The highest BCUT2D eigenvalue weighted by Gasteiger charge is 2.38. The number of carbonyl (C=O) groups excluding carboxylic acids is 2. The molecule has 2 fully saturated rings. The van der Waals surface area contributed by atoms with Crippen LogP contribution in [0.4, 0.5) is 5.82 Å². The Kier molecular flexibility index (Phi) is 5.05. The van der Waals surface area contributed by atoms with Crippen molar-refractivity contribution in [1.29, 1.82) is 0 Å². The molecule has 0 radical (unpaired) electrons. The van der Waals surface area contributed by atoms with Gasteiger partial charge in [-0.2, -0.15) is 5.10 Å². The van der Waals surface area contributed by atoms with Crippen molar-refractivity contribution in [1.82, 2.24) is 14.9 Å². The second-order valence-corrected chi connectivity index (χ2v) is 9.54. The fraction of sp³-hybridized carbons (Fsp3) is 0.556. The topological polar surface area (TPSA) is 103 Å². The number of rotatable bonds is 3. The SMILES string of the molecule is O=C(C1=NN([C@H]2CCS(=O)(=O)C2)C(=O)CC1)N1CCN(c2ccccn2)CC1. The molecule has 0 aromatic carbocycles. The van der Waals surface area contributed by atoms with Gasteiger partial charge in [-0.05, 0) is 18.6 Å². The average molecular weight is 405 g/mol. The van der Waals surface area contributed by atoms with Crippen molar-refractivity contribution in [2.75, 3.05) is 42.6 Å². The van der Waals surface area contributed by atoms with Gasteiger partial charge in [0.25, 0.3) is 5.91 Å². The molecule has 0 N–H and O–H groups in total. The number of hydrazone groups is 1. The van der Waals surface area contributed by atoms with Gasteiger partial charge >= 0.3 is 0 Å². The lowest BCUT2D eigenvalue weighted by Gasteiger charge is -2.36. The second kappa shape index (κ2) is 7.50. The molecule has 3 aliphatic rings. The van der Waals surface area contributed by atoms with Gasteiger partial charge in [-0.15, -0.1) is 0 Å². The van der Waals surface area contributed by atoms with E-state index in [2.05, 4.69) is 15.0 Å². The van der Waals surface area contributed by atoms with Crippen LogP contribution in [-0.4, -0.2) is 84.6 Å². The van der Waals surface area contributed by atoms with Crippen LogP contribution < -0.4 is 4.90 Å². The quantitative estimate of drug-likeness (QED) is 0.696. The van der Waals surface area contributed by atoms with Gasteiger partial charge in [-0.3, -0.25) is 9.59 Å². The van der Waals surface area contributed by atoms with Gasteiger partial charge in [-0.1, -0.05) is 6.07 Å². The van der Waals surface area contributed by atoms with E-state index in [1.165, 1.54) is 5.01 Å². The smallest absolute Gasteiger partial charge is 0.270 e. The molecular weight excluding hydrogens is 382 g/mol. The van der Waals surface area contributed by atoms with Gasteiger partial charge < -0.3 is 9.80 Å². The number of anilines is 1. The van der Waals surface area contributed by atoms with Crippen LogP contribution in [-0.2, 0) is 19.4 Å². The van der Waals surface area contributed by atoms with Crippen molar-refractivity contribution in [3.63, 3.8) is 0 Å². The fourth-order valence-electron chi connectivity index (χ4n) is 3.84. The first-order valence-corrected chi connectivity index (χ1v) is 11.3. The van der Waals surface area contributed by atoms with E-state index in [4.69, 9.17) is 0 Å². The first-order valence-electron chi connectivity index (χ1n) is 9.48. The Hall–Kier alpha value is -2.49. The lowest BCUT2D eigenvalue weighted by atomic mass is 10.1. The zero-order valence-electron chi connectivity index (χ0n) is 15.5. The first kappa shape index (κ1) is 18.9. The molecule has 0 spiro atoms. The molecule has 28 heavy (non-hydrogen) atoms. The van der Waals surface area contributed by atoms with Gasteiger partial charge in [0, 0.05) is 45.2 Å². The van der Waals surface area contributed by atoms with E-state index in [1.54, 1.807) is 11.1 Å².